The van der Waals surface area contributed by atoms with Gasteiger partial charge in [0.2, 0.25) is 5.91 Å². The lowest BCUT2D eigenvalue weighted by atomic mass is 9.81. The first kappa shape index (κ1) is 30.5. The van der Waals surface area contributed by atoms with Crippen molar-refractivity contribution in [3.63, 3.8) is 0 Å². The molecule has 0 heterocycles. The van der Waals surface area contributed by atoms with Gasteiger partial charge in [-0.05, 0) is 88.5 Å². The molecule has 2 N–H and O–H groups in total. The smallest absolute Gasteiger partial charge is 0.308 e. The molecule has 0 aromatic heterocycles. The summed E-state index contributed by atoms with van der Waals surface area (Å²) in [5, 5.41) is 6.83. The summed E-state index contributed by atoms with van der Waals surface area (Å²) in [6, 6.07) is 10.7. The molecule has 1 amide bonds. The molecule has 0 bridgehead atoms. The minimum absolute atomic E-state index is 0.121. The number of benzene rings is 2. The maximum atomic E-state index is 13.3. The molecular formula is C29H38ClN3O5S. The number of nitrogens with zero attached hydrogens (tertiary/aromatic N) is 1. The van der Waals surface area contributed by atoms with E-state index in [2.05, 4.69) is 23.1 Å². The summed E-state index contributed by atoms with van der Waals surface area (Å²) < 4.78 is 25.2. The Labute approximate surface area is 236 Å². The van der Waals surface area contributed by atoms with Gasteiger partial charge in [-0.3, -0.25) is 9.59 Å². The fourth-order valence-corrected chi connectivity index (χ4v) is 5.79. The first-order chi connectivity index (χ1) is 18.5. The van der Waals surface area contributed by atoms with Gasteiger partial charge in [0.05, 0.1) is 40.1 Å². The summed E-state index contributed by atoms with van der Waals surface area (Å²) in [5.74, 6) is 3.81. The Bertz CT molecular complexity index is 1320. The number of carbonyl (C=O) groups excluding carboxylic acids is 2. The highest BCUT2D eigenvalue weighted by atomic mass is 35.5. The largest absolute Gasteiger partial charge is 0.495 e. The molecule has 39 heavy (non-hydrogen) atoms. The minimum Gasteiger partial charge on any atom is -0.495 e. The lowest BCUT2D eigenvalue weighted by Crippen LogP contribution is -2.30. The monoisotopic (exact) mass is 575 g/mol. The molecule has 2 aromatic carbocycles. The summed E-state index contributed by atoms with van der Waals surface area (Å²) in [6.07, 6.45) is 2.45. The SMILES string of the molecule is C=C(NCc1ccc(OC)c(Cl)c1)c1cc(S(=C)(=O)N(C)C)ccc1NC(=O)C1CCC(C(=O)OCC)CC1. The van der Waals surface area contributed by atoms with Crippen molar-refractivity contribution in [2.24, 2.45) is 11.8 Å². The topological polar surface area (TPSA) is 97.0 Å². The van der Waals surface area contributed by atoms with Gasteiger partial charge in [-0.25, -0.2) is 8.51 Å². The second-order valence-corrected chi connectivity index (χ2v) is 12.6. The Morgan fingerprint density at radius 3 is 2.36 bits per heavy atom. The van der Waals surface area contributed by atoms with Crippen LogP contribution in [0.2, 0.25) is 5.02 Å². The molecule has 0 spiro atoms. The van der Waals surface area contributed by atoms with Crippen molar-refractivity contribution in [1.82, 2.24) is 9.62 Å². The van der Waals surface area contributed by atoms with E-state index in [1.54, 1.807) is 62.8 Å². The van der Waals surface area contributed by atoms with Crippen LogP contribution in [0.15, 0.2) is 47.9 Å². The van der Waals surface area contributed by atoms with E-state index < -0.39 is 9.71 Å². The third-order valence-electron chi connectivity index (χ3n) is 6.97. The lowest BCUT2D eigenvalue weighted by molar-refractivity contribution is -0.150. The normalized spacial score (nSPS) is 18.6. The second kappa shape index (κ2) is 13.4. The van der Waals surface area contributed by atoms with E-state index in [4.69, 9.17) is 21.1 Å². The molecule has 0 aliphatic heterocycles. The van der Waals surface area contributed by atoms with Crippen molar-refractivity contribution >= 4 is 50.4 Å². The van der Waals surface area contributed by atoms with Crippen LogP contribution >= 0.6 is 11.6 Å². The van der Waals surface area contributed by atoms with Gasteiger partial charge in [-0.2, -0.15) is 0 Å². The zero-order valence-electron chi connectivity index (χ0n) is 23.1. The quantitative estimate of drug-likeness (QED) is 0.290. The Balaban J connectivity index is 1.80. The molecule has 3 rings (SSSR count). The van der Waals surface area contributed by atoms with Gasteiger partial charge in [0.1, 0.15) is 5.75 Å². The highest BCUT2D eigenvalue weighted by Gasteiger charge is 2.31. The highest BCUT2D eigenvalue weighted by molar-refractivity contribution is 7.98. The van der Waals surface area contributed by atoms with Crippen LogP contribution in [-0.4, -0.2) is 54.1 Å². The van der Waals surface area contributed by atoms with Gasteiger partial charge in [0.15, 0.2) is 0 Å². The molecular weight excluding hydrogens is 538 g/mol. The van der Waals surface area contributed by atoms with E-state index in [0.717, 1.165) is 5.56 Å². The van der Waals surface area contributed by atoms with Crippen LogP contribution in [0.5, 0.6) is 5.75 Å². The van der Waals surface area contributed by atoms with Crippen molar-refractivity contribution in [3.8, 4) is 5.75 Å². The van der Waals surface area contributed by atoms with Crippen LogP contribution in [-0.2, 0) is 30.6 Å². The Hall–Kier alpha value is -3.01. The fourth-order valence-electron chi connectivity index (χ4n) is 4.50. The standard InChI is InChI=1S/C29H38ClN3O5S/c1-7-38-29(35)22-11-9-21(10-12-22)28(34)32-26-14-13-23(39(6,36)33(3)4)17-24(26)19(2)31-18-20-8-15-27(37-5)25(30)16-20/h8,13-17,21-22,31H,2,6-7,9-12,18H2,1,3-5H3,(H,32,34). The van der Waals surface area contributed by atoms with Crippen LogP contribution in [0.3, 0.4) is 0 Å². The van der Waals surface area contributed by atoms with E-state index in [0.29, 0.717) is 71.5 Å². The zero-order chi connectivity index (χ0) is 28.7. The molecule has 1 unspecified atom stereocenters. The van der Waals surface area contributed by atoms with Crippen LogP contribution in [0, 0.1) is 11.8 Å². The average molecular weight is 576 g/mol. The Morgan fingerprint density at radius 2 is 1.77 bits per heavy atom. The molecule has 1 saturated carbocycles. The number of hydrogen-bond donors (Lipinski definition) is 2. The first-order valence-corrected chi connectivity index (χ1v) is 15.0. The maximum absolute atomic E-state index is 13.3. The van der Waals surface area contributed by atoms with E-state index in [1.807, 2.05) is 6.07 Å². The van der Waals surface area contributed by atoms with Crippen LogP contribution in [0.1, 0.15) is 43.7 Å². The molecule has 1 atom stereocenters. The van der Waals surface area contributed by atoms with Gasteiger partial charge >= 0.3 is 5.97 Å². The number of ether oxygens (including phenoxy) is 2. The number of rotatable bonds is 11. The number of halogens is 1. The van der Waals surface area contributed by atoms with Crippen molar-refractivity contribution in [2.75, 3.05) is 33.1 Å². The molecule has 8 nitrogen and oxygen atoms in total. The minimum atomic E-state index is -2.72. The molecule has 0 radical (unpaired) electrons. The number of hydrogen-bond acceptors (Lipinski definition) is 6. The number of carbonyl (C=O) groups is 2. The summed E-state index contributed by atoms with van der Waals surface area (Å²) in [4.78, 5) is 25.8. The van der Waals surface area contributed by atoms with E-state index in [1.165, 1.54) is 0 Å². The van der Waals surface area contributed by atoms with Crippen molar-refractivity contribution in [3.05, 3.63) is 59.1 Å². The number of esters is 1. The van der Waals surface area contributed by atoms with Gasteiger partial charge in [0.25, 0.3) is 0 Å². The summed E-state index contributed by atoms with van der Waals surface area (Å²) in [5.41, 5.74) is 2.62. The average Bonchev–Trinajstić information content (AvgIpc) is 2.92. The predicted octanol–water partition coefficient (Wildman–Crippen LogP) is 4.97. The maximum Gasteiger partial charge on any atom is 0.308 e. The van der Waals surface area contributed by atoms with E-state index >= 15 is 0 Å². The summed E-state index contributed by atoms with van der Waals surface area (Å²) in [6.45, 7) is 6.76. The van der Waals surface area contributed by atoms with Crippen LogP contribution in [0.4, 0.5) is 5.69 Å². The van der Waals surface area contributed by atoms with Gasteiger partial charge in [0, 0.05) is 28.6 Å². The second-order valence-electron chi connectivity index (χ2n) is 9.75. The Kier molecular flexibility index (Phi) is 10.5. The van der Waals surface area contributed by atoms with E-state index in [-0.39, 0.29) is 23.7 Å². The molecule has 0 saturated heterocycles. The number of anilines is 1. The lowest BCUT2D eigenvalue weighted by Gasteiger charge is -2.27. The highest BCUT2D eigenvalue weighted by Crippen LogP contribution is 2.32. The molecule has 2 aromatic rings. The van der Waals surface area contributed by atoms with Crippen molar-refractivity contribution in [2.45, 2.75) is 44.0 Å². The van der Waals surface area contributed by atoms with Crippen molar-refractivity contribution in [1.29, 1.82) is 0 Å². The van der Waals surface area contributed by atoms with Gasteiger partial charge < -0.3 is 20.1 Å². The Morgan fingerprint density at radius 1 is 1.10 bits per heavy atom. The third kappa shape index (κ3) is 7.56. The van der Waals surface area contributed by atoms with Gasteiger partial charge in [-0.15, -0.1) is 0 Å². The number of amides is 1. The van der Waals surface area contributed by atoms with Crippen LogP contribution in [0.25, 0.3) is 5.70 Å². The molecule has 1 aliphatic rings. The van der Waals surface area contributed by atoms with Crippen molar-refractivity contribution < 1.29 is 23.3 Å². The fraction of sp³-hybridized carbons (Fsp3) is 0.414. The van der Waals surface area contributed by atoms with Crippen LogP contribution < -0.4 is 15.4 Å². The van der Waals surface area contributed by atoms with Gasteiger partial charge in [-0.1, -0.05) is 24.2 Å². The summed E-state index contributed by atoms with van der Waals surface area (Å²) in [7, 11) is 2.25. The first-order valence-electron chi connectivity index (χ1n) is 12.9. The molecule has 1 fully saturated rings. The predicted molar refractivity (Wildman–Crippen MR) is 158 cm³/mol. The molecule has 10 heteroatoms. The molecule has 212 valence electrons. The van der Waals surface area contributed by atoms with E-state index in [9.17, 15) is 13.8 Å². The number of methoxy groups -OCH3 is 1. The summed E-state index contributed by atoms with van der Waals surface area (Å²) >= 11 is 6.27. The zero-order valence-corrected chi connectivity index (χ0v) is 24.6. The molecule has 1 aliphatic carbocycles. The third-order valence-corrected chi connectivity index (χ3v) is 9.44. The number of nitrogens with one attached hydrogen (secondary N) is 2.